The Balaban J connectivity index is 2.15. The molecule has 5 nitrogen and oxygen atoms in total. The topological polar surface area (TPSA) is 63.2 Å². The number of hydrogen-bond acceptors (Lipinski definition) is 5. The minimum absolute atomic E-state index is 0.282. The van der Waals surface area contributed by atoms with Gasteiger partial charge in [-0.25, -0.2) is 9.78 Å². The van der Waals surface area contributed by atoms with Gasteiger partial charge in [0.05, 0.1) is 12.3 Å². The lowest BCUT2D eigenvalue weighted by Crippen LogP contribution is -2.31. The van der Waals surface area contributed by atoms with Crippen LogP contribution in [0.2, 0.25) is 5.15 Å². The number of pyridine rings is 1. The van der Waals surface area contributed by atoms with E-state index in [4.69, 9.17) is 16.3 Å². The average Bonchev–Trinajstić information content (AvgIpc) is 2.68. The van der Waals surface area contributed by atoms with Gasteiger partial charge in [0, 0.05) is 18.8 Å². The van der Waals surface area contributed by atoms with Crippen molar-refractivity contribution in [2.24, 2.45) is 0 Å². The Labute approximate surface area is 124 Å². The van der Waals surface area contributed by atoms with E-state index in [1.807, 2.05) is 0 Å². The lowest BCUT2D eigenvalue weighted by molar-refractivity contribution is 0.0527. The van der Waals surface area contributed by atoms with E-state index in [1.165, 1.54) is 12.6 Å². The van der Waals surface area contributed by atoms with Gasteiger partial charge in [0.15, 0.2) is 0 Å². The quantitative estimate of drug-likeness (QED) is 0.660. The lowest BCUT2D eigenvalue weighted by Gasteiger charge is -2.19. The molecule has 2 rings (SSSR count). The maximum Gasteiger partial charge on any atom is 0.341 e. The van der Waals surface area contributed by atoms with Crippen LogP contribution in [-0.4, -0.2) is 36.7 Å². The van der Waals surface area contributed by atoms with Gasteiger partial charge >= 0.3 is 5.97 Å². The summed E-state index contributed by atoms with van der Waals surface area (Å²) in [5, 5.41) is 7.12. The number of carbonyl (C=O) groups is 1. The van der Waals surface area contributed by atoms with Crippen LogP contribution in [0.1, 0.15) is 36.5 Å². The van der Waals surface area contributed by atoms with Gasteiger partial charge in [0.25, 0.3) is 0 Å². The number of hydrogen-bond donors (Lipinski definition) is 2. The van der Waals surface area contributed by atoms with Crippen molar-refractivity contribution in [2.75, 3.05) is 25.0 Å². The van der Waals surface area contributed by atoms with Crippen LogP contribution in [0.3, 0.4) is 0 Å². The molecule has 20 heavy (non-hydrogen) atoms. The van der Waals surface area contributed by atoms with Crippen LogP contribution in [-0.2, 0) is 4.74 Å². The van der Waals surface area contributed by atoms with Crippen molar-refractivity contribution in [2.45, 2.75) is 32.2 Å². The summed E-state index contributed by atoms with van der Waals surface area (Å²) in [6.45, 7) is 4.04. The first-order valence-electron chi connectivity index (χ1n) is 7.00. The van der Waals surface area contributed by atoms with E-state index in [0.717, 1.165) is 25.9 Å². The average molecular weight is 298 g/mol. The minimum Gasteiger partial charge on any atom is -0.462 e. The number of aromatic nitrogens is 1. The second-order valence-corrected chi connectivity index (χ2v) is 5.20. The number of halogens is 1. The number of ether oxygens (including phenoxy) is 1. The zero-order chi connectivity index (χ0) is 14.4. The van der Waals surface area contributed by atoms with Crippen molar-refractivity contribution >= 4 is 23.3 Å². The molecule has 0 unspecified atom stereocenters. The molecular formula is C14H20ClN3O2. The second-order valence-electron chi connectivity index (χ2n) is 4.81. The number of nitrogens with one attached hydrogen (secondary N) is 2. The SMILES string of the molecule is CCOC(=O)c1cnc(Cl)cc1N[C@H]1CCCCNC1. The predicted molar refractivity (Wildman–Crippen MR) is 79.3 cm³/mol. The third kappa shape index (κ3) is 4.08. The van der Waals surface area contributed by atoms with E-state index in [0.29, 0.717) is 23.0 Å². The van der Waals surface area contributed by atoms with Gasteiger partial charge in [-0.15, -0.1) is 0 Å². The van der Waals surface area contributed by atoms with Gasteiger partial charge in [-0.05, 0) is 32.4 Å². The Morgan fingerprint density at radius 1 is 1.60 bits per heavy atom. The van der Waals surface area contributed by atoms with E-state index in [1.54, 1.807) is 13.0 Å². The summed E-state index contributed by atoms with van der Waals surface area (Å²) in [5.74, 6) is -0.374. The molecule has 6 heteroatoms. The molecule has 0 aromatic carbocycles. The number of esters is 1. The van der Waals surface area contributed by atoms with E-state index in [2.05, 4.69) is 15.6 Å². The maximum atomic E-state index is 11.9. The molecule has 1 fully saturated rings. The third-order valence-electron chi connectivity index (χ3n) is 3.27. The first-order chi connectivity index (χ1) is 9.70. The Kier molecular flexibility index (Phi) is 5.61. The van der Waals surface area contributed by atoms with Crippen LogP contribution in [0.25, 0.3) is 0 Å². The van der Waals surface area contributed by atoms with Crippen LogP contribution >= 0.6 is 11.6 Å². The summed E-state index contributed by atoms with van der Waals surface area (Å²) in [6, 6.07) is 1.96. The van der Waals surface area contributed by atoms with E-state index in [-0.39, 0.29) is 12.0 Å². The van der Waals surface area contributed by atoms with Crippen LogP contribution in [0.15, 0.2) is 12.3 Å². The molecule has 1 aliphatic rings. The standard InChI is InChI=1S/C14H20ClN3O2/c1-2-20-14(19)11-9-17-13(15)7-12(11)18-10-5-3-4-6-16-8-10/h7,9-10,16H,2-6,8H2,1H3,(H,17,18)/t10-/m0/s1. The number of carbonyl (C=O) groups excluding carboxylic acids is 1. The molecular weight excluding hydrogens is 278 g/mol. The molecule has 1 aliphatic heterocycles. The maximum absolute atomic E-state index is 11.9. The summed E-state index contributed by atoms with van der Waals surface area (Å²) in [5.41, 5.74) is 1.12. The highest BCUT2D eigenvalue weighted by atomic mass is 35.5. The summed E-state index contributed by atoms with van der Waals surface area (Å²) in [7, 11) is 0. The Morgan fingerprint density at radius 3 is 3.25 bits per heavy atom. The normalized spacial score (nSPS) is 19.2. The molecule has 0 aliphatic carbocycles. The second kappa shape index (κ2) is 7.45. The van der Waals surface area contributed by atoms with Gasteiger partial charge in [0.1, 0.15) is 10.7 Å². The van der Waals surface area contributed by atoms with Crippen LogP contribution < -0.4 is 10.6 Å². The van der Waals surface area contributed by atoms with E-state index >= 15 is 0 Å². The highest BCUT2D eigenvalue weighted by Gasteiger charge is 2.18. The first kappa shape index (κ1) is 15.1. The van der Waals surface area contributed by atoms with E-state index < -0.39 is 0 Å². The Hall–Kier alpha value is -1.33. The van der Waals surface area contributed by atoms with Gasteiger partial charge in [-0.3, -0.25) is 0 Å². The molecule has 0 saturated carbocycles. The van der Waals surface area contributed by atoms with E-state index in [9.17, 15) is 4.79 Å². The lowest BCUT2D eigenvalue weighted by atomic mass is 10.1. The van der Waals surface area contributed by atoms with Gasteiger partial charge < -0.3 is 15.4 Å². The molecule has 0 amide bonds. The van der Waals surface area contributed by atoms with Crippen molar-refractivity contribution in [1.29, 1.82) is 0 Å². The number of nitrogens with zero attached hydrogens (tertiary/aromatic N) is 1. The highest BCUT2D eigenvalue weighted by Crippen LogP contribution is 2.22. The van der Waals surface area contributed by atoms with Crippen molar-refractivity contribution in [3.63, 3.8) is 0 Å². The zero-order valence-electron chi connectivity index (χ0n) is 11.6. The fourth-order valence-corrected chi connectivity index (χ4v) is 2.44. The molecule has 1 atom stereocenters. The summed E-state index contributed by atoms with van der Waals surface area (Å²) in [4.78, 5) is 15.9. The summed E-state index contributed by atoms with van der Waals surface area (Å²) >= 11 is 5.93. The van der Waals surface area contributed by atoms with Crippen molar-refractivity contribution in [3.8, 4) is 0 Å². The van der Waals surface area contributed by atoms with Crippen LogP contribution in [0.4, 0.5) is 5.69 Å². The van der Waals surface area contributed by atoms with Crippen molar-refractivity contribution in [1.82, 2.24) is 10.3 Å². The third-order valence-corrected chi connectivity index (χ3v) is 3.48. The number of anilines is 1. The highest BCUT2D eigenvalue weighted by molar-refractivity contribution is 6.29. The first-order valence-corrected chi connectivity index (χ1v) is 7.38. The Morgan fingerprint density at radius 2 is 2.45 bits per heavy atom. The molecule has 2 heterocycles. The predicted octanol–water partition coefficient (Wildman–Crippen LogP) is 2.47. The molecule has 0 bridgehead atoms. The fraction of sp³-hybridized carbons (Fsp3) is 0.571. The minimum atomic E-state index is -0.374. The van der Waals surface area contributed by atoms with Gasteiger partial charge in [0.2, 0.25) is 0 Å². The monoisotopic (exact) mass is 297 g/mol. The largest absolute Gasteiger partial charge is 0.462 e. The van der Waals surface area contributed by atoms with Crippen LogP contribution in [0, 0.1) is 0 Å². The molecule has 0 spiro atoms. The molecule has 1 aromatic rings. The molecule has 110 valence electrons. The Bertz CT molecular complexity index is 460. The molecule has 0 radical (unpaired) electrons. The fourth-order valence-electron chi connectivity index (χ4n) is 2.28. The van der Waals surface area contributed by atoms with Crippen LogP contribution in [0.5, 0.6) is 0 Å². The van der Waals surface area contributed by atoms with Gasteiger partial charge in [-0.1, -0.05) is 18.0 Å². The van der Waals surface area contributed by atoms with Gasteiger partial charge in [-0.2, -0.15) is 0 Å². The number of rotatable bonds is 4. The zero-order valence-corrected chi connectivity index (χ0v) is 12.4. The van der Waals surface area contributed by atoms with Crippen molar-refractivity contribution < 1.29 is 9.53 Å². The molecule has 1 aromatic heterocycles. The van der Waals surface area contributed by atoms with Crippen molar-refractivity contribution in [3.05, 3.63) is 23.0 Å². The molecule has 1 saturated heterocycles. The summed E-state index contributed by atoms with van der Waals surface area (Å²) in [6.07, 6.45) is 4.88. The molecule has 2 N–H and O–H groups in total. The summed E-state index contributed by atoms with van der Waals surface area (Å²) < 4.78 is 5.04. The smallest absolute Gasteiger partial charge is 0.341 e.